The number of rotatable bonds is 12. The number of hydrogen-bond donors (Lipinski definition) is 1. The van der Waals surface area contributed by atoms with E-state index in [0.717, 1.165) is 33.7 Å². The van der Waals surface area contributed by atoms with Gasteiger partial charge in [0.15, 0.2) is 0 Å². The van der Waals surface area contributed by atoms with Crippen molar-refractivity contribution in [1.82, 2.24) is 10.2 Å². The Balaban J connectivity index is 2.07. The van der Waals surface area contributed by atoms with Gasteiger partial charge >= 0.3 is 0 Å². The second-order valence-corrected chi connectivity index (χ2v) is 12.1. The number of aryl methyl sites for hydroxylation is 1. The number of benzene rings is 3. The number of nitrogens with zero attached hydrogens (tertiary/aromatic N) is 2. The lowest BCUT2D eigenvalue weighted by molar-refractivity contribution is -0.140. The lowest BCUT2D eigenvalue weighted by atomic mass is 10.0. The van der Waals surface area contributed by atoms with Gasteiger partial charge in [0.2, 0.25) is 21.8 Å². The van der Waals surface area contributed by atoms with E-state index in [1.54, 1.807) is 0 Å². The standard InChI is InChI=1S/C29H33Cl2N3O4S/c1-4-15-32-29(36)27(17-22-10-6-5-7-11-22)33(19-23-12-8-9-21(2)16-23)28(35)20-34(39(3,37)38)26-18-24(30)13-14-25(26)31/h5-14,16,18,27H,4,15,17,19-20H2,1-3H3,(H,32,36)/t27-/m0/s1. The van der Waals surface area contributed by atoms with Crippen molar-refractivity contribution < 1.29 is 18.0 Å². The first-order chi connectivity index (χ1) is 18.5. The molecule has 0 aliphatic carbocycles. The van der Waals surface area contributed by atoms with E-state index in [1.165, 1.54) is 23.1 Å². The molecule has 3 aromatic carbocycles. The van der Waals surface area contributed by atoms with Crippen LogP contribution in [0.25, 0.3) is 0 Å². The molecular formula is C29H33Cl2N3O4S. The number of halogens is 2. The SMILES string of the molecule is CCCNC(=O)[C@H](Cc1ccccc1)N(Cc1cccc(C)c1)C(=O)CN(c1cc(Cl)ccc1Cl)S(C)(=O)=O. The normalized spacial score (nSPS) is 12.0. The highest BCUT2D eigenvalue weighted by Crippen LogP contribution is 2.31. The summed E-state index contributed by atoms with van der Waals surface area (Å²) in [5.74, 6) is -0.862. The van der Waals surface area contributed by atoms with E-state index in [9.17, 15) is 18.0 Å². The molecule has 0 aliphatic rings. The molecule has 0 heterocycles. The van der Waals surface area contributed by atoms with Crippen molar-refractivity contribution in [3.05, 3.63) is 99.5 Å². The van der Waals surface area contributed by atoms with Crippen molar-refractivity contribution >= 4 is 50.7 Å². The third kappa shape index (κ3) is 8.71. The lowest BCUT2D eigenvalue weighted by Gasteiger charge is -2.33. The first-order valence-electron chi connectivity index (χ1n) is 12.6. The molecule has 39 heavy (non-hydrogen) atoms. The van der Waals surface area contributed by atoms with Crippen molar-refractivity contribution in [2.24, 2.45) is 0 Å². The Morgan fingerprint density at radius 2 is 1.64 bits per heavy atom. The molecule has 2 amide bonds. The Morgan fingerprint density at radius 1 is 0.949 bits per heavy atom. The van der Waals surface area contributed by atoms with Gasteiger partial charge in [0, 0.05) is 24.5 Å². The quantitative estimate of drug-likeness (QED) is 0.313. The summed E-state index contributed by atoms with van der Waals surface area (Å²) in [7, 11) is -3.94. The van der Waals surface area contributed by atoms with E-state index in [-0.39, 0.29) is 34.6 Å². The van der Waals surface area contributed by atoms with Crippen molar-refractivity contribution in [3.8, 4) is 0 Å². The number of amides is 2. The van der Waals surface area contributed by atoms with Crippen LogP contribution in [0.4, 0.5) is 5.69 Å². The van der Waals surface area contributed by atoms with Crippen LogP contribution < -0.4 is 9.62 Å². The number of sulfonamides is 1. The first kappa shape index (κ1) is 30.5. The van der Waals surface area contributed by atoms with E-state index in [1.807, 2.05) is 68.4 Å². The summed E-state index contributed by atoms with van der Waals surface area (Å²) in [6.07, 6.45) is 1.98. The lowest BCUT2D eigenvalue weighted by Crippen LogP contribution is -2.53. The maximum absolute atomic E-state index is 14.0. The number of hydrogen-bond acceptors (Lipinski definition) is 4. The van der Waals surface area contributed by atoms with Crippen molar-refractivity contribution in [2.75, 3.05) is 23.7 Å². The van der Waals surface area contributed by atoms with Crippen molar-refractivity contribution in [2.45, 2.75) is 39.3 Å². The van der Waals surface area contributed by atoms with Crippen LogP contribution in [-0.4, -0.2) is 50.5 Å². The van der Waals surface area contributed by atoms with Gasteiger partial charge in [0.05, 0.1) is 17.0 Å². The second-order valence-electron chi connectivity index (χ2n) is 9.37. The number of nitrogens with one attached hydrogen (secondary N) is 1. The van der Waals surface area contributed by atoms with Crippen LogP contribution in [0, 0.1) is 6.92 Å². The number of carbonyl (C=O) groups is 2. The topological polar surface area (TPSA) is 86.8 Å². The summed E-state index contributed by atoms with van der Waals surface area (Å²) in [4.78, 5) is 29.0. The van der Waals surface area contributed by atoms with Gasteiger partial charge in [-0.05, 0) is 42.7 Å². The summed E-state index contributed by atoms with van der Waals surface area (Å²) in [6.45, 7) is 3.89. The summed E-state index contributed by atoms with van der Waals surface area (Å²) >= 11 is 12.5. The molecule has 3 aromatic rings. The molecule has 0 unspecified atom stereocenters. The van der Waals surface area contributed by atoms with E-state index in [2.05, 4.69) is 5.32 Å². The van der Waals surface area contributed by atoms with E-state index in [4.69, 9.17) is 23.2 Å². The Bertz CT molecular complexity index is 1400. The number of carbonyl (C=O) groups excluding carboxylic acids is 2. The Labute approximate surface area is 240 Å². The molecule has 0 fully saturated rings. The molecule has 0 saturated carbocycles. The van der Waals surface area contributed by atoms with Gasteiger partial charge in [0.1, 0.15) is 12.6 Å². The molecule has 7 nitrogen and oxygen atoms in total. The average molecular weight is 591 g/mol. The fourth-order valence-corrected chi connectivity index (χ4v) is 5.49. The molecule has 1 atom stereocenters. The Morgan fingerprint density at radius 3 is 2.28 bits per heavy atom. The highest BCUT2D eigenvalue weighted by molar-refractivity contribution is 7.92. The van der Waals surface area contributed by atoms with Gasteiger partial charge in [-0.2, -0.15) is 0 Å². The van der Waals surface area contributed by atoms with Gasteiger partial charge in [0.25, 0.3) is 0 Å². The third-order valence-corrected chi connectivity index (χ3v) is 7.79. The van der Waals surface area contributed by atoms with Crippen LogP contribution in [0.2, 0.25) is 10.0 Å². The Hall–Kier alpha value is -3.07. The van der Waals surface area contributed by atoms with Crippen LogP contribution in [0.1, 0.15) is 30.0 Å². The van der Waals surface area contributed by atoms with Crippen LogP contribution in [-0.2, 0) is 32.6 Å². The zero-order valence-corrected chi connectivity index (χ0v) is 24.6. The van der Waals surface area contributed by atoms with Gasteiger partial charge in [-0.25, -0.2) is 8.42 Å². The molecule has 0 bridgehead atoms. The number of anilines is 1. The fourth-order valence-electron chi connectivity index (χ4n) is 4.20. The predicted octanol–water partition coefficient (Wildman–Crippen LogP) is 5.23. The first-order valence-corrected chi connectivity index (χ1v) is 15.2. The molecule has 10 heteroatoms. The van der Waals surface area contributed by atoms with Gasteiger partial charge < -0.3 is 10.2 Å². The summed E-state index contributed by atoms with van der Waals surface area (Å²) in [5.41, 5.74) is 2.77. The Kier molecular flexibility index (Phi) is 10.8. The maximum atomic E-state index is 14.0. The van der Waals surface area contributed by atoms with Crippen LogP contribution in [0.15, 0.2) is 72.8 Å². The summed E-state index contributed by atoms with van der Waals surface area (Å²) < 4.78 is 26.7. The minimum absolute atomic E-state index is 0.0885. The fraction of sp³-hybridized carbons (Fsp3) is 0.310. The molecule has 3 rings (SSSR count). The zero-order chi connectivity index (χ0) is 28.6. The van der Waals surface area contributed by atoms with E-state index in [0.29, 0.717) is 6.54 Å². The summed E-state index contributed by atoms with van der Waals surface area (Å²) in [5, 5.41) is 3.31. The second kappa shape index (κ2) is 13.8. The molecule has 1 N–H and O–H groups in total. The monoisotopic (exact) mass is 589 g/mol. The highest BCUT2D eigenvalue weighted by Gasteiger charge is 2.33. The molecule has 0 aromatic heterocycles. The molecular weight excluding hydrogens is 557 g/mol. The largest absolute Gasteiger partial charge is 0.354 e. The van der Waals surface area contributed by atoms with Crippen molar-refractivity contribution in [1.29, 1.82) is 0 Å². The maximum Gasteiger partial charge on any atom is 0.244 e. The molecule has 0 radical (unpaired) electrons. The van der Waals surface area contributed by atoms with Crippen LogP contribution in [0.3, 0.4) is 0 Å². The van der Waals surface area contributed by atoms with E-state index >= 15 is 0 Å². The van der Waals surface area contributed by atoms with Crippen LogP contribution >= 0.6 is 23.2 Å². The van der Waals surface area contributed by atoms with E-state index < -0.39 is 28.5 Å². The third-order valence-electron chi connectivity index (χ3n) is 6.11. The molecule has 0 spiro atoms. The van der Waals surface area contributed by atoms with Gasteiger partial charge in [-0.1, -0.05) is 90.3 Å². The highest BCUT2D eigenvalue weighted by atomic mass is 35.5. The van der Waals surface area contributed by atoms with Gasteiger partial charge in [-0.3, -0.25) is 13.9 Å². The molecule has 208 valence electrons. The smallest absolute Gasteiger partial charge is 0.244 e. The summed E-state index contributed by atoms with van der Waals surface area (Å²) in [6, 6.07) is 20.6. The minimum Gasteiger partial charge on any atom is -0.354 e. The molecule has 0 saturated heterocycles. The average Bonchev–Trinajstić information content (AvgIpc) is 2.89. The minimum atomic E-state index is -3.94. The van der Waals surface area contributed by atoms with Gasteiger partial charge in [-0.15, -0.1) is 0 Å². The van der Waals surface area contributed by atoms with Crippen molar-refractivity contribution in [3.63, 3.8) is 0 Å². The van der Waals surface area contributed by atoms with Crippen LogP contribution in [0.5, 0.6) is 0 Å². The zero-order valence-electron chi connectivity index (χ0n) is 22.2. The molecule has 0 aliphatic heterocycles. The predicted molar refractivity (Wildman–Crippen MR) is 158 cm³/mol.